The minimum atomic E-state index is -0.564. The Kier molecular flexibility index (Phi) is 4.62. The van der Waals surface area contributed by atoms with Gasteiger partial charge in [-0.25, -0.2) is 0 Å². The highest BCUT2D eigenvalue weighted by molar-refractivity contribution is 6.07. The van der Waals surface area contributed by atoms with Crippen LogP contribution in [0.2, 0.25) is 0 Å². The van der Waals surface area contributed by atoms with E-state index in [4.69, 9.17) is 0 Å². The van der Waals surface area contributed by atoms with Crippen molar-refractivity contribution in [2.24, 2.45) is 5.92 Å². The van der Waals surface area contributed by atoms with Crippen LogP contribution in [-0.2, 0) is 4.79 Å². The van der Waals surface area contributed by atoms with Crippen molar-refractivity contribution in [2.45, 2.75) is 26.8 Å². The van der Waals surface area contributed by atoms with Gasteiger partial charge in [0.05, 0.1) is 0 Å². The van der Waals surface area contributed by atoms with Gasteiger partial charge in [0.2, 0.25) is 5.91 Å². The van der Waals surface area contributed by atoms with Gasteiger partial charge in [0.1, 0.15) is 6.04 Å². The Morgan fingerprint density at radius 2 is 1.95 bits per heavy atom. The molecule has 1 atom stereocenters. The maximum Gasteiger partial charge on any atom is 0.252 e. The maximum atomic E-state index is 12.3. The first kappa shape index (κ1) is 15.1. The first-order valence-electron chi connectivity index (χ1n) is 7.13. The minimum Gasteiger partial charge on any atom is -0.361 e. The summed E-state index contributed by atoms with van der Waals surface area (Å²) in [5, 5.41) is 6.40. The van der Waals surface area contributed by atoms with E-state index in [0.29, 0.717) is 18.0 Å². The van der Waals surface area contributed by atoms with E-state index in [1.807, 2.05) is 32.0 Å². The largest absolute Gasteiger partial charge is 0.361 e. The minimum absolute atomic E-state index is 0.168. The standard InChI is InChI=1S/C16H21N3O2/c1-10(2)9-18-15(20)11(3)19-16(21)13-5-4-6-14-12(13)7-8-17-14/h4-8,10-11,17H,9H2,1-3H3,(H,18,20)(H,19,21). The number of H-pyrrole nitrogens is 1. The average molecular weight is 287 g/mol. The van der Waals surface area contributed by atoms with Crippen molar-refractivity contribution >= 4 is 22.7 Å². The Hall–Kier alpha value is -2.30. The van der Waals surface area contributed by atoms with Gasteiger partial charge in [0, 0.05) is 29.2 Å². The Bertz CT molecular complexity index is 646. The monoisotopic (exact) mass is 287 g/mol. The molecule has 2 amide bonds. The molecule has 1 aromatic heterocycles. The van der Waals surface area contributed by atoms with Crippen LogP contribution in [0.25, 0.3) is 10.9 Å². The number of amides is 2. The van der Waals surface area contributed by atoms with Gasteiger partial charge in [-0.15, -0.1) is 0 Å². The van der Waals surface area contributed by atoms with E-state index in [0.717, 1.165) is 10.9 Å². The molecule has 2 aromatic rings. The summed E-state index contributed by atoms with van der Waals surface area (Å²) in [6.07, 6.45) is 1.79. The molecule has 0 saturated carbocycles. The summed E-state index contributed by atoms with van der Waals surface area (Å²) in [7, 11) is 0. The van der Waals surface area contributed by atoms with Crippen LogP contribution < -0.4 is 10.6 Å². The summed E-state index contributed by atoms with van der Waals surface area (Å²) in [4.78, 5) is 27.3. The van der Waals surface area contributed by atoms with Gasteiger partial charge in [-0.1, -0.05) is 19.9 Å². The topological polar surface area (TPSA) is 74.0 Å². The lowest BCUT2D eigenvalue weighted by Gasteiger charge is -2.15. The Balaban J connectivity index is 2.04. The van der Waals surface area contributed by atoms with Crippen LogP contribution in [0, 0.1) is 5.92 Å². The van der Waals surface area contributed by atoms with Crippen molar-refractivity contribution in [3.05, 3.63) is 36.0 Å². The molecule has 0 spiro atoms. The first-order valence-corrected chi connectivity index (χ1v) is 7.13. The fourth-order valence-electron chi connectivity index (χ4n) is 2.08. The summed E-state index contributed by atoms with van der Waals surface area (Å²) < 4.78 is 0. The molecule has 0 aliphatic carbocycles. The highest BCUT2D eigenvalue weighted by atomic mass is 16.2. The smallest absolute Gasteiger partial charge is 0.252 e. The summed E-state index contributed by atoms with van der Waals surface area (Å²) >= 11 is 0. The van der Waals surface area contributed by atoms with E-state index < -0.39 is 6.04 Å². The third kappa shape index (κ3) is 3.62. The van der Waals surface area contributed by atoms with Crippen molar-refractivity contribution in [3.63, 3.8) is 0 Å². The van der Waals surface area contributed by atoms with Crippen LogP contribution in [0.5, 0.6) is 0 Å². The van der Waals surface area contributed by atoms with Crippen LogP contribution in [0.1, 0.15) is 31.1 Å². The molecule has 3 N–H and O–H groups in total. The molecular weight excluding hydrogens is 266 g/mol. The second kappa shape index (κ2) is 6.43. The predicted octanol–water partition coefficient (Wildman–Crippen LogP) is 2.06. The number of fused-ring (bicyclic) bond motifs is 1. The Labute approximate surface area is 124 Å². The van der Waals surface area contributed by atoms with Gasteiger partial charge < -0.3 is 15.6 Å². The molecule has 0 saturated heterocycles. The molecule has 2 rings (SSSR count). The fraction of sp³-hybridized carbons (Fsp3) is 0.375. The number of aromatic amines is 1. The highest BCUT2D eigenvalue weighted by Crippen LogP contribution is 2.17. The molecular formula is C16H21N3O2. The van der Waals surface area contributed by atoms with Crippen LogP contribution in [0.4, 0.5) is 0 Å². The van der Waals surface area contributed by atoms with Crippen molar-refractivity contribution in [1.82, 2.24) is 15.6 Å². The molecule has 0 aliphatic heterocycles. The number of rotatable bonds is 5. The third-order valence-corrected chi connectivity index (χ3v) is 3.27. The van der Waals surface area contributed by atoms with E-state index in [1.165, 1.54) is 0 Å². The first-order chi connectivity index (χ1) is 9.99. The van der Waals surface area contributed by atoms with Gasteiger partial charge in [-0.3, -0.25) is 9.59 Å². The Morgan fingerprint density at radius 1 is 1.19 bits per heavy atom. The second-order valence-electron chi connectivity index (χ2n) is 5.58. The zero-order valence-electron chi connectivity index (χ0n) is 12.6. The molecule has 0 bridgehead atoms. The van der Waals surface area contributed by atoms with E-state index in [2.05, 4.69) is 15.6 Å². The number of carbonyl (C=O) groups excluding carboxylic acids is 2. The van der Waals surface area contributed by atoms with Crippen LogP contribution in [-0.4, -0.2) is 29.4 Å². The normalized spacial score (nSPS) is 12.4. The van der Waals surface area contributed by atoms with Gasteiger partial charge in [0.25, 0.3) is 5.91 Å². The number of carbonyl (C=O) groups is 2. The molecule has 112 valence electrons. The summed E-state index contributed by atoms with van der Waals surface area (Å²) in [5.41, 5.74) is 1.47. The lowest BCUT2D eigenvalue weighted by molar-refractivity contribution is -0.122. The SMILES string of the molecule is CC(C)CNC(=O)C(C)NC(=O)c1cccc2[nH]ccc12. The second-order valence-corrected chi connectivity index (χ2v) is 5.58. The third-order valence-electron chi connectivity index (χ3n) is 3.27. The van der Waals surface area contributed by atoms with Gasteiger partial charge in [-0.2, -0.15) is 0 Å². The Morgan fingerprint density at radius 3 is 2.67 bits per heavy atom. The molecule has 5 nitrogen and oxygen atoms in total. The predicted molar refractivity (Wildman–Crippen MR) is 83.1 cm³/mol. The maximum absolute atomic E-state index is 12.3. The van der Waals surface area contributed by atoms with E-state index in [9.17, 15) is 9.59 Å². The fourth-order valence-corrected chi connectivity index (χ4v) is 2.08. The molecule has 0 fully saturated rings. The van der Waals surface area contributed by atoms with E-state index in [1.54, 1.807) is 19.2 Å². The lowest BCUT2D eigenvalue weighted by atomic mass is 10.1. The molecule has 0 radical (unpaired) electrons. The average Bonchev–Trinajstić information content (AvgIpc) is 2.92. The van der Waals surface area contributed by atoms with Crippen molar-refractivity contribution in [2.75, 3.05) is 6.54 Å². The zero-order valence-corrected chi connectivity index (χ0v) is 12.6. The summed E-state index contributed by atoms with van der Waals surface area (Å²) in [6.45, 7) is 6.34. The molecule has 1 unspecified atom stereocenters. The summed E-state index contributed by atoms with van der Waals surface area (Å²) in [6, 6.07) is 6.77. The summed E-state index contributed by atoms with van der Waals surface area (Å²) in [5.74, 6) is -0.0313. The van der Waals surface area contributed by atoms with Gasteiger partial charge in [0.15, 0.2) is 0 Å². The number of hydrogen-bond acceptors (Lipinski definition) is 2. The van der Waals surface area contributed by atoms with Gasteiger partial charge in [-0.05, 0) is 31.0 Å². The number of aromatic nitrogens is 1. The quantitative estimate of drug-likeness (QED) is 0.787. The van der Waals surface area contributed by atoms with Crippen LogP contribution in [0.15, 0.2) is 30.5 Å². The van der Waals surface area contributed by atoms with E-state index in [-0.39, 0.29) is 11.8 Å². The van der Waals surface area contributed by atoms with Crippen molar-refractivity contribution in [3.8, 4) is 0 Å². The van der Waals surface area contributed by atoms with E-state index >= 15 is 0 Å². The lowest BCUT2D eigenvalue weighted by Crippen LogP contribution is -2.45. The number of benzene rings is 1. The highest BCUT2D eigenvalue weighted by Gasteiger charge is 2.18. The zero-order chi connectivity index (χ0) is 15.4. The number of nitrogens with one attached hydrogen (secondary N) is 3. The van der Waals surface area contributed by atoms with Crippen LogP contribution >= 0.6 is 0 Å². The van der Waals surface area contributed by atoms with Crippen molar-refractivity contribution in [1.29, 1.82) is 0 Å². The molecule has 1 heterocycles. The van der Waals surface area contributed by atoms with Gasteiger partial charge >= 0.3 is 0 Å². The molecule has 21 heavy (non-hydrogen) atoms. The van der Waals surface area contributed by atoms with Crippen LogP contribution in [0.3, 0.4) is 0 Å². The van der Waals surface area contributed by atoms with Crippen molar-refractivity contribution < 1.29 is 9.59 Å². The molecule has 5 heteroatoms. The number of hydrogen-bond donors (Lipinski definition) is 3. The molecule has 1 aromatic carbocycles. The molecule has 0 aliphatic rings.